The van der Waals surface area contributed by atoms with Crippen LogP contribution in [0, 0.1) is 5.41 Å². The molecule has 0 aromatic carbocycles. The molecule has 4 N–H and O–H groups in total. The third kappa shape index (κ3) is 2.83. The zero-order chi connectivity index (χ0) is 10.1. The number of nitrogens with two attached hydrogens (primary N) is 2. The molecule has 1 aliphatic rings. The van der Waals surface area contributed by atoms with Crippen molar-refractivity contribution in [3.63, 3.8) is 0 Å². The molecule has 1 amide bonds. The summed E-state index contributed by atoms with van der Waals surface area (Å²) >= 11 is 0. The Balaban J connectivity index is 0.00000169. The van der Waals surface area contributed by atoms with Gasteiger partial charge in [-0.1, -0.05) is 6.92 Å². The van der Waals surface area contributed by atoms with Crippen LogP contribution in [0.3, 0.4) is 0 Å². The first kappa shape index (κ1) is 13.7. The zero-order valence-corrected chi connectivity index (χ0v) is 9.64. The molecule has 4 nitrogen and oxygen atoms in total. The number of carbonyl (C=O) groups excluding carboxylic acids is 1. The lowest BCUT2D eigenvalue weighted by atomic mass is 9.90. The van der Waals surface area contributed by atoms with E-state index in [-0.39, 0.29) is 29.8 Å². The first-order chi connectivity index (χ1) is 5.98. The van der Waals surface area contributed by atoms with E-state index in [1.54, 1.807) is 6.92 Å². The summed E-state index contributed by atoms with van der Waals surface area (Å²) < 4.78 is 0. The van der Waals surface area contributed by atoms with Crippen molar-refractivity contribution in [2.75, 3.05) is 19.6 Å². The minimum absolute atomic E-state index is 0. The van der Waals surface area contributed by atoms with Gasteiger partial charge in [0.25, 0.3) is 0 Å². The fourth-order valence-corrected chi connectivity index (χ4v) is 1.67. The highest BCUT2D eigenvalue weighted by Crippen LogP contribution is 2.28. The van der Waals surface area contributed by atoms with Gasteiger partial charge in [-0.3, -0.25) is 4.79 Å². The number of rotatable bonds is 2. The van der Waals surface area contributed by atoms with Gasteiger partial charge in [-0.25, -0.2) is 0 Å². The van der Waals surface area contributed by atoms with Gasteiger partial charge >= 0.3 is 0 Å². The molecule has 1 saturated heterocycles. The van der Waals surface area contributed by atoms with Crippen LogP contribution in [0.4, 0.5) is 0 Å². The van der Waals surface area contributed by atoms with E-state index in [9.17, 15) is 4.79 Å². The zero-order valence-electron chi connectivity index (χ0n) is 8.82. The van der Waals surface area contributed by atoms with Gasteiger partial charge in [0.1, 0.15) is 0 Å². The molecule has 14 heavy (non-hydrogen) atoms. The standard InChI is InChI=1S/C9H19N3O.ClH/c1-7(11)8(13)12-4-3-9(2,5-10)6-12;/h7H,3-6,10-11H2,1-2H3;1H/t7-,9?;/m1./s1. The molecule has 84 valence electrons. The molecule has 1 aliphatic heterocycles. The van der Waals surface area contributed by atoms with Gasteiger partial charge in [-0.15, -0.1) is 12.4 Å². The van der Waals surface area contributed by atoms with E-state index in [0.29, 0.717) is 6.54 Å². The van der Waals surface area contributed by atoms with Crippen molar-refractivity contribution < 1.29 is 4.79 Å². The molecule has 1 unspecified atom stereocenters. The molecule has 0 spiro atoms. The summed E-state index contributed by atoms with van der Waals surface area (Å²) in [4.78, 5) is 13.3. The lowest BCUT2D eigenvalue weighted by Crippen LogP contribution is -2.42. The van der Waals surface area contributed by atoms with Crippen molar-refractivity contribution in [2.45, 2.75) is 26.3 Å². The second-order valence-corrected chi connectivity index (χ2v) is 4.31. The van der Waals surface area contributed by atoms with E-state index in [1.807, 2.05) is 4.90 Å². The average Bonchev–Trinajstić information content (AvgIpc) is 2.47. The van der Waals surface area contributed by atoms with Crippen LogP contribution in [0.15, 0.2) is 0 Å². The minimum atomic E-state index is -0.389. The van der Waals surface area contributed by atoms with Gasteiger partial charge in [0, 0.05) is 13.1 Å². The second kappa shape index (κ2) is 4.96. The van der Waals surface area contributed by atoms with E-state index in [2.05, 4.69) is 6.92 Å². The molecule has 1 heterocycles. The van der Waals surface area contributed by atoms with E-state index in [0.717, 1.165) is 19.5 Å². The first-order valence-electron chi connectivity index (χ1n) is 4.73. The number of likely N-dealkylation sites (tertiary alicyclic amines) is 1. The Morgan fingerprint density at radius 3 is 2.57 bits per heavy atom. The summed E-state index contributed by atoms with van der Waals surface area (Å²) in [6.07, 6.45) is 0.988. The SMILES string of the molecule is C[C@@H](N)C(=O)N1CCC(C)(CN)C1.Cl. The van der Waals surface area contributed by atoms with Gasteiger partial charge in [0.2, 0.25) is 5.91 Å². The molecule has 0 aromatic heterocycles. The molecule has 0 aliphatic carbocycles. The maximum atomic E-state index is 11.5. The number of hydrogen-bond acceptors (Lipinski definition) is 3. The van der Waals surface area contributed by atoms with Crippen LogP contribution in [0.1, 0.15) is 20.3 Å². The summed E-state index contributed by atoms with van der Waals surface area (Å²) in [7, 11) is 0. The molecular formula is C9H20ClN3O. The van der Waals surface area contributed by atoms with Gasteiger partial charge in [0.15, 0.2) is 0 Å². The summed E-state index contributed by atoms with van der Waals surface area (Å²) in [5.41, 5.74) is 11.3. The van der Waals surface area contributed by atoms with E-state index in [1.165, 1.54) is 0 Å². The van der Waals surface area contributed by atoms with Crippen LogP contribution in [-0.2, 0) is 4.79 Å². The van der Waals surface area contributed by atoms with Crippen LogP contribution in [0.2, 0.25) is 0 Å². The highest BCUT2D eigenvalue weighted by Gasteiger charge is 2.35. The summed E-state index contributed by atoms with van der Waals surface area (Å²) in [6, 6.07) is -0.389. The van der Waals surface area contributed by atoms with E-state index < -0.39 is 0 Å². The quantitative estimate of drug-likeness (QED) is 0.687. The third-order valence-corrected chi connectivity index (χ3v) is 2.75. The van der Waals surface area contributed by atoms with Gasteiger partial charge in [-0.05, 0) is 25.3 Å². The van der Waals surface area contributed by atoms with Crippen molar-refractivity contribution in [3.05, 3.63) is 0 Å². The maximum Gasteiger partial charge on any atom is 0.239 e. The third-order valence-electron chi connectivity index (χ3n) is 2.75. The predicted molar refractivity (Wildman–Crippen MR) is 59.3 cm³/mol. The average molecular weight is 222 g/mol. The molecule has 0 aromatic rings. The Morgan fingerprint density at radius 1 is 1.64 bits per heavy atom. The smallest absolute Gasteiger partial charge is 0.239 e. The summed E-state index contributed by atoms with van der Waals surface area (Å²) in [5, 5.41) is 0. The van der Waals surface area contributed by atoms with Gasteiger partial charge in [-0.2, -0.15) is 0 Å². The Morgan fingerprint density at radius 2 is 2.21 bits per heavy atom. The van der Waals surface area contributed by atoms with Crippen LogP contribution in [-0.4, -0.2) is 36.5 Å². The van der Waals surface area contributed by atoms with Crippen LogP contribution in [0.5, 0.6) is 0 Å². The number of halogens is 1. The molecular weight excluding hydrogens is 202 g/mol. The number of nitrogens with zero attached hydrogens (tertiary/aromatic N) is 1. The largest absolute Gasteiger partial charge is 0.341 e. The number of hydrogen-bond donors (Lipinski definition) is 2. The van der Waals surface area contributed by atoms with Crippen molar-refractivity contribution in [3.8, 4) is 0 Å². The molecule has 2 atom stereocenters. The van der Waals surface area contributed by atoms with Gasteiger partial charge < -0.3 is 16.4 Å². The van der Waals surface area contributed by atoms with Gasteiger partial charge in [0.05, 0.1) is 6.04 Å². The first-order valence-corrected chi connectivity index (χ1v) is 4.73. The molecule has 1 rings (SSSR count). The Bertz CT molecular complexity index is 210. The lowest BCUT2D eigenvalue weighted by molar-refractivity contribution is -0.131. The fourth-order valence-electron chi connectivity index (χ4n) is 1.67. The lowest BCUT2D eigenvalue weighted by Gasteiger charge is -2.23. The van der Waals surface area contributed by atoms with E-state index >= 15 is 0 Å². The highest BCUT2D eigenvalue weighted by molar-refractivity contribution is 5.85. The molecule has 0 bridgehead atoms. The summed E-state index contributed by atoms with van der Waals surface area (Å²) in [5.74, 6) is 0.0391. The Hall–Kier alpha value is -0.320. The van der Waals surface area contributed by atoms with Crippen LogP contribution in [0.25, 0.3) is 0 Å². The van der Waals surface area contributed by atoms with Crippen LogP contribution >= 0.6 is 12.4 Å². The molecule has 0 radical (unpaired) electrons. The summed E-state index contributed by atoms with van der Waals surface area (Å²) in [6.45, 7) is 6.02. The molecule has 5 heteroatoms. The maximum absolute atomic E-state index is 11.5. The van der Waals surface area contributed by atoms with Crippen molar-refractivity contribution in [2.24, 2.45) is 16.9 Å². The van der Waals surface area contributed by atoms with Crippen molar-refractivity contribution in [1.82, 2.24) is 4.90 Å². The number of carbonyl (C=O) groups is 1. The Kier molecular flexibility index (Phi) is 4.84. The number of amides is 1. The second-order valence-electron chi connectivity index (χ2n) is 4.31. The van der Waals surface area contributed by atoms with Crippen LogP contribution < -0.4 is 11.5 Å². The topological polar surface area (TPSA) is 72.4 Å². The highest BCUT2D eigenvalue weighted by atomic mass is 35.5. The van der Waals surface area contributed by atoms with Crippen molar-refractivity contribution in [1.29, 1.82) is 0 Å². The minimum Gasteiger partial charge on any atom is -0.341 e. The van der Waals surface area contributed by atoms with E-state index in [4.69, 9.17) is 11.5 Å². The molecule has 0 saturated carbocycles. The predicted octanol–water partition coefficient (Wildman–Crippen LogP) is -0.0473. The molecule has 1 fully saturated rings. The Labute approximate surface area is 91.4 Å². The fraction of sp³-hybridized carbons (Fsp3) is 0.889. The van der Waals surface area contributed by atoms with Crippen molar-refractivity contribution >= 4 is 18.3 Å². The monoisotopic (exact) mass is 221 g/mol. The normalized spacial score (nSPS) is 28.4.